The number of hydrogen-bond donors (Lipinski definition) is 2. The first-order chi connectivity index (χ1) is 9.06. The molecule has 102 valence electrons. The monoisotopic (exact) mass is 263 g/mol. The first-order valence-electron chi connectivity index (χ1n) is 6.24. The quantitative estimate of drug-likeness (QED) is 0.849. The lowest BCUT2D eigenvalue weighted by Crippen LogP contribution is -2.54. The normalized spacial score (nSPS) is 16.3. The third-order valence-corrected chi connectivity index (χ3v) is 3.53. The van der Waals surface area contributed by atoms with Crippen LogP contribution in [-0.4, -0.2) is 29.6 Å². The smallest absolute Gasteiger partial charge is 0.305 e. The fourth-order valence-electron chi connectivity index (χ4n) is 2.38. The van der Waals surface area contributed by atoms with Crippen molar-refractivity contribution in [1.82, 2.24) is 5.32 Å². The van der Waals surface area contributed by atoms with Crippen molar-refractivity contribution < 1.29 is 19.4 Å². The summed E-state index contributed by atoms with van der Waals surface area (Å²) in [5.74, 6) is -0.678. The molecule has 0 saturated heterocycles. The van der Waals surface area contributed by atoms with Crippen molar-refractivity contribution >= 4 is 11.9 Å². The second kappa shape index (κ2) is 5.30. The zero-order valence-corrected chi connectivity index (χ0v) is 10.8. The van der Waals surface area contributed by atoms with Gasteiger partial charge in [0.05, 0.1) is 24.6 Å². The van der Waals surface area contributed by atoms with Crippen molar-refractivity contribution in [2.45, 2.75) is 31.2 Å². The number of carbonyl (C=O) groups is 2. The molecule has 0 spiro atoms. The minimum Gasteiger partial charge on any atom is -0.496 e. The molecule has 1 aliphatic rings. The highest BCUT2D eigenvalue weighted by atomic mass is 16.5. The largest absolute Gasteiger partial charge is 0.496 e. The molecule has 5 nitrogen and oxygen atoms in total. The van der Waals surface area contributed by atoms with Gasteiger partial charge >= 0.3 is 5.97 Å². The molecule has 2 rings (SSSR count). The summed E-state index contributed by atoms with van der Waals surface area (Å²) in [5, 5.41) is 11.8. The van der Waals surface area contributed by atoms with Crippen molar-refractivity contribution in [2.24, 2.45) is 0 Å². The predicted octanol–water partition coefficient (Wildman–Crippen LogP) is 1.82. The number of benzene rings is 1. The van der Waals surface area contributed by atoms with Crippen LogP contribution in [0.5, 0.6) is 5.75 Å². The molecule has 0 heterocycles. The zero-order valence-electron chi connectivity index (χ0n) is 10.8. The van der Waals surface area contributed by atoms with Crippen LogP contribution < -0.4 is 10.1 Å². The molecule has 0 aliphatic heterocycles. The Morgan fingerprint density at radius 3 is 2.58 bits per heavy atom. The van der Waals surface area contributed by atoms with E-state index in [0.29, 0.717) is 24.2 Å². The van der Waals surface area contributed by atoms with Crippen molar-refractivity contribution in [2.75, 3.05) is 7.11 Å². The van der Waals surface area contributed by atoms with Crippen LogP contribution in [0.1, 0.15) is 36.0 Å². The molecule has 1 fully saturated rings. The molecule has 0 radical (unpaired) electrons. The lowest BCUT2D eigenvalue weighted by atomic mass is 9.74. The number of aliphatic carboxylic acids is 1. The Morgan fingerprint density at radius 2 is 2.05 bits per heavy atom. The average molecular weight is 263 g/mol. The van der Waals surface area contributed by atoms with Gasteiger partial charge in [0.1, 0.15) is 5.75 Å². The fourth-order valence-corrected chi connectivity index (χ4v) is 2.38. The summed E-state index contributed by atoms with van der Waals surface area (Å²) in [6.07, 6.45) is 2.33. The summed E-state index contributed by atoms with van der Waals surface area (Å²) >= 11 is 0. The van der Waals surface area contributed by atoms with Crippen molar-refractivity contribution in [1.29, 1.82) is 0 Å². The van der Waals surface area contributed by atoms with E-state index in [2.05, 4.69) is 5.32 Å². The lowest BCUT2D eigenvalue weighted by Gasteiger charge is -2.41. The number of carboxylic acid groups (broad SMARTS) is 1. The predicted molar refractivity (Wildman–Crippen MR) is 69.3 cm³/mol. The number of nitrogens with one attached hydrogen (secondary N) is 1. The Balaban J connectivity index is 2.14. The van der Waals surface area contributed by atoms with Gasteiger partial charge in [-0.05, 0) is 31.4 Å². The Bertz CT molecular complexity index is 494. The van der Waals surface area contributed by atoms with Crippen LogP contribution in [-0.2, 0) is 4.79 Å². The summed E-state index contributed by atoms with van der Waals surface area (Å²) in [6.45, 7) is 0. The maximum Gasteiger partial charge on any atom is 0.305 e. The topological polar surface area (TPSA) is 75.6 Å². The molecule has 1 aliphatic carbocycles. The highest BCUT2D eigenvalue weighted by Gasteiger charge is 2.40. The Morgan fingerprint density at radius 1 is 1.37 bits per heavy atom. The summed E-state index contributed by atoms with van der Waals surface area (Å²) in [6, 6.07) is 6.91. The molecule has 0 unspecified atom stereocenters. The van der Waals surface area contributed by atoms with E-state index in [1.807, 2.05) is 0 Å². The molecule has 1 saturated carbocycles. The first kappa shape index (κ1) is 13.4. The minimum absolute atomic E-state index is 0.0338. The molecule has 0 bridgehead atoms. The molecule has 5 heteroatoms. The molecule has 1 aromatic carbocycles. The minimum atomic E-state index is -0.889. The maximum atomic E-state index is 12.2. The van der Waals surface area contributed by atoms with Gasteiger partial charge in [0.2, 0.25) is 0 Å². The van der Waals surface area contributed by atoms with Crippen LogP contribution in [0.4, 0.5) is 0 Å². The highest BCUT2D eigenvalue weighted by molar-refractivity contribution is 5.97. The molecular formula is C14H17NO4. The number of amides is 1. The van der Waals surface area contributed by atoms with Crippen LogP contribution in [0.15, 0.2) is 24.3 Å². The third kappa shape index (κ3) is 2.86. The SMILES string of the molecule is COc1ccccc1C(=O)NC1(CC(=O)O)CCC1. The second-order valence-corrected chi connectivity index (χ2v) is 4.86. The van der Waals surface area contributed by atoms with Crippen molar-refractivity contribution in [3.05, 3.63) is 29.8 Å². The highest BCUT2D eigenvalue weighted by Crippen LogP contribution is 2.35. The van der Waals surface area contributed by atoms with Gasteiger partial charge in [0.15, 0.2) is 0 Å². The lowest BCUT2D eigenvalue weighted by molar-refractivity contribution is -0.139. The van der Waals surface area contributed by atoms with Gasteiger partial charge in [0.25, 0.3) is 5.91 Å². The van der Waals surface area contributed by atoms with Crippen LogP contribution in [0, 0.1) is 0 Å². The van der Waals surface area contributed by atoms with Gasteiger partial charge in [0, 0.05) is 0 Å². The van der Waals surface area contributed by atoms with E-state index in [1.165, 1.54) is 7.11 Å². The summed E-state index contributed by atoms with van der Waals surface area (Å²) < 4.78 is 5.14. The number of carbonyl (C=O) groups excluding carboxylic acids is 1. The van der Waals surface area contributed by atoms with E-state index < -0.39 is 11.5 Å². The zero-order chi connectivity index (χ0) is 13.9. The van der Waals surface area contributed by atoms with E-state index in [-0.39, 0.29) is 12.3 Å². The number of hydrogen-bond acceptors (Lipinski definition) is 3. The number of rotatable bonds is 5. The van der Waals surface area contributed by atoms with Crippen LogP contribution in [0.3, 0.4) is 0 Å². The van der Waals surface area contributed by atoms with Crippen LogP contribution >= 0.6 is 0 Å². The number of carboxylic acids is 1. The number of methoxy groups -OCH3 is 1. The molecule has 19 heavy (non-hydrogen) atoms. The summed E-state index contributed by atoms with van der Waals surface area (Å²) in [5.41, 5.74) is -0.161. The van der Waals surface area contributed by atoms with E-state index in [1.54, 1.807) is 24.3 Å². The average Bonchev–Trinajstić information content (AvgIpc) is 2.35. The van der Waals surface area contributed by atoms with Gasteiger partial charge in [-0.3, -0.25) is 9.59 Å². The van der Waals surface area contributed by atoms with E-state index in [0.717, 1.165) is 6.42 Å². The first-order valence-corrected chi connectivity index (χ1v) is 6.24. The van der Waals surface area contributed by atoms with Gasteiger partial charge in [-0.15, -0.1) is 0 Å². The number of ether oxygens (including phenoxy) is 1. The standard InChI is InChI=1S/C14H17NO4/c1-19-11-6-3-2-5-10(11)13(18)15-14(7-4-8-14)9-12(16)17/h2-3,5-6H,4,7-9H2,1H3,(H,15,18)(H,16,17). The molecule has 0 aromatic heterocycles. The molecular weight excluding hydrogens is 246 g/mol. The Labute approximate surface area is 111 Å². The Hall–Kier alpha value is -2.04. The number of para-hydroxylation sites is 1. The molecule has 1 aromatic rings. The van der Waals surface area contributed by atoms with Crippen molar-refractivity contribution in [3.63, 3.8) is 0 Å². The second-order valence-electron chi connectivity index (χ2n) is 4.86. The molecule has 2 N–H and O–H groups in total. The summed E-state index contributed by atoms with van der Waals surface area (Å²) in [7, 11) is 1.50. The van der Waals surface area contributed by atoms with E-state index in [9.17, 15) is 9.59 Å². The van der Waals surface area contributed by atoms with Gasteiger partial charge in [-0.1, -0.05) is 12.1 Å². The van der Waals surface area contributed by atoms with Gasteiger partial charge < -0.3 is 15.2 Å². The van der Waals surface area contributed by atoms with Crippen LogP contribution in [0.2, 0.25) is 0 Å². The molecule has 0 atom stereocenters. The van der Waals surface area contributed by atoms with Gasteiger partial charge in [-0.2, -0.15) is 0 Å². The van der Waals surface area contributed by atoms with E-state index >= 15 is 0 Å². The Kier molecular flexibility index (Phi) is 3.74. The van der Waals surface area contributed by atoms with Crippen LogP contribution in [0.25, 0.3) is 0 Å². The third-order valence-electron chi connectivity index (χ3n) is 3.53. The molecule has 1 amide bonds. The fraction of sp³-hybridized carbons (Fsp3) is 0.429. The van der Waals surface area contributed by atoms with Gasteiger partial charge in [-0.25, -0.2) is 0 Å². The summed E-state index contributed by atoms with van der Waals surface area (Å²) in [4.78, 5) is 23.1. The maximum absolute atomic E-state index is 12.2. The van der Waals surface area contributed by atoms with E-state index in [4.69, 9.17) is 9.84 Å². The van der Waals surface area contributed by atoms with Crippen molar-refractivity contribution in [3.8, 4) is 5.75 Å².